The molecule has 0 radical (unpaired) electrons. The highest BCUT2D eigenvalue weighted by molar-refractivity contribution is 6.40. The van der Waals surface area contributed by atoms with Crippen LogP contribution >= 0.6 is 11.6 Å². The SMILES string of the molecule is C=C1CC(C(C)=O)=NC=C1C(=O)Nc1cc(C(F)(F)F)c(Cl)cn1. The Hall–Kier alpha value is -2.48. The molecule has 2 rings (SSSR count). The normalized spacial score (nSPS) is 14.8. The van der Waals surface area contributed by atoms with Crippen LogP contribution in [-0.2, 0) is 15.8 Å². The minimum absolute atomic E-state index is 0.0605. The fourth-order valence-electron chi connectivity index (χ4n) is 1.92. The fraction of sp³-hybridized carbons (Fsp3) is 0.200. The topological polar surface area (TPSA) is 71.4 Å². The molecule has 5 nitrogen and oxygen atoms in total. The van der Waals surface area contributed by atoms with Crippen molar-refractivity contribution in [2.45, 2.75) is 19.5 Å². The molecule has 1 amide bonds. The Morgan fingerprint density at radius 2 is 2.04 bits per heavy atom. The van der Waals surface area contributed by atoms with E-state index in [0.29, 0.717) is 11.6 Å². The maximum absolute atomic E-state index is 12.8. The van der Waals surface area contributed by atoms with Crippen LogP contribution in [0, 0.1) is 0 Å². The zero-order valence-electron chi connectivity index (χ0n) is 12.4. The summed E-state index contributed by atoms with van der Waals surface area (Å²) in [5.74, 6) is -1.29. The van der Waals surface area contributed by atoms with Crippen molar-refractivity contribution in [2.75, 3.05) is 5.32 Å². The summed E-state index contributed by atoms with van der Waals surface area (Å²) in [6.45, 7) is 5.01. The predicted molar refractivity (Wildman–Crippen MR) is 82.8 cm³/mol. The lowest BCUT2D eigenvalue weighted by atomic mass is 9.98. The molecule has 0 saturated carbocycles. The summed E-state index contributed by atoms with van der Waals surface area (Å²) < 4.78 is 38.4. The lowest BCUT2D eigenvalue weighted by Crippen LogP contribution is -2.22. The van der Waals surface area contributed by atoms with Gasteiger partial charge in [0.2, 0.25) is 0 Å². The van der Waals surface area contributed by atoms with Crippen LogP contribution in [0.4, 0.5) is 19.0 Å². The third-order valence-electron chi connectivity index (χ3n) is 3.16. The van der Waals surface area contributed by atoms with E-state index in [1.54, 1.807) is 0 Å². The highest BCUT2D eigenvalue weighted by Gasteiger charge is 2.34. The number of hydrogen-bond donors (Lipinski definition) is 1. The number of hydrogen-bond acceptors (Lipinski definition) is 4. The first-order valence-electron chi connectivity index (χ1n) is 6.59. The van der Waals surface area contributed by atoms with Gasteiger partial charge in [-0.1, -0.05) is 18.2 Å². The number of Topliss-reactive ketones (excluding diaryl/α,β-unsaturated/α-hetero) is 1. The maximum Gasteiger partial charge on any atom is 0.418 e. The Balaban J connectivity index is 2.25. The first-order valence-corrected chi connectivity index (χ1v) is 6.97. The van der Waals surface area contributed by atoms with Crippen LogP contribution in [-0.4, -0.2) is 22.4 Å². The largest absolute Gasteiger partial charge is 0.418 e. The average Bonchev–Trinajstić information content (AvgIpc) is 2.47. The monoisotopic (exact) mass is 357 g/mol. The van der Waals surface area contributed by atoms with Crippen molar-refractivity contribution in [2.24, 2.45) is 4.99 Å². The second kappa shape index (κ2) is 6.56. The molecule has 0 unspecified atom stereocenters. The van der Waals surface area contributed by atoms with E-state index >= 15 is 0 Å². The summed E-state index contributed by atoms with van der Waals surface area (Å²) in [5, 5.41) is 1.66. The molecule has 1 aliphatic rings. The molecule has 1 aromatic heterocycles. The number of ketones is 1. The number of aromatic nitrogens is 1. The van der Waals surface area contributed by atoms with Gasteiger partial charge in [-0.15, -0.1) is 0 Å². The van der Waals surface area contributed by atoms with Gasteiger partial charge in [-0.2, -0.15) is 13.2 Å². The number of aliphatic imine (C=N–C) groups is 1. The predicted octanol–water partition coefficient (Wildman–Crippen LogP) is 3.57. The van der Waals surface area contributed by atoms with E-state index in [1.807, 2.05) is 0 Å². The van der Waals surface area contributed by atoms with Crippen LogP contribution in [0.5, 0.6) is 0 Å². The average molecular weight is 358 g/mol. The first-order chi connectivity index (χ1) is 11.1. The number of carbonyl (C=O) groups excluding carboxylic acids is 2. The number of halogens is 4. The standard InChI is InChI=1S/C15H11ClF3N3O2/c1-7-3-12(8(2)23)20-5-9(7)14(24)22-13-4-10(15(17,18)19)11(16)6-21-13/h4-6H,1,3H2,2H3,(H,21,22,24). The summed E-state index contributed by atoms with van der Waals surface area (Å²) in [4.78, 5) is 30.9. The molecule has 0 bridgehead atoms. The number of pyridine rings is 1. The Morgan fingerprint density at radius 3 is 2.58 bits per heavy atom. The van der Waals surface area contributed by atoms with Gasteiger partial charge in [-0.05, 0) is 11.6 Å². The molecule has 126 valence electrons. The first kappa shape index (κ1) is 17.9. The van der Waals surface area contributed by atoms with Crippen molar-refractivity contribution < 1.29 is 22.8 Å². The van der Waals surface area contributed by atoms with E-state index in [1.165, 1.54) is 6.92 Å². The third kappa shape index (κ3) is 3.88. The summed E-state index contributed by atoms with van der Waals surface area (Å²) in [7, 11) is 0. The Bertz CT molecular complexity index is 798. The minimum atomic E-state index is -4.67. The lowest BCUT2D eigenvalue weighted by molar-refractivity contribution is -0.137. The minimum Gasteiger partial charge on any atom is -0.306 e. The van der Waals surface area contributed by atoms with E-state index in [-0.39, 0.29) is 29.3 Å². The number of anilines is 1. The maximum atomic E-state index is 12.8. The van der Waals surface area contributed by atoms with Crippen molar-refractivity contribution in [1.29, 1.82) is 0 Å². The van der Waals surface area contributed by atoms with Gasteiger partial charge in [0, 0.05) is 25.7 Å². The summed E-state index contributed by atoms with van der Waals surface area (Å²) in [6.07, 6.45) is -2.63. The second-order valence-electron chi connectivity index (χ2n) is 4.96. The molecule has 0 atom stereocenters. The van der Waals surface area contributed by atoms with Crippen molar-refractivity contribution in [3.63, 3.8) is 0 Å². The number of alkyl halides is 3. The molecule has 0 aromatic carbocycles. The molecule has 0 aliphatic carbocycles. The summed E-state index contributed by atoms with van der Waals surface area (Å²) in [5.41, 5.74) is -0.466. The molecular weight excluding hydrogens is 347 g/mol. The van der Waals surface area contributed by atoms with Crippen molar-refractivity contribution >= 4 is 34.8 Å². The van der Waals surface area contributed by atoms with E-state index in [0.717, 1.165) is 12.4 Å². The molecule has 2 heterocycles. The van der Waals surface area contributed by atoms with E-state index in [2.05, 4.69) is 21.9 Å². The number of rotatable bonds is 3. The zero-order valence-corrected chi connectivity index (χ0v) is 13.1. The van der Waals surface area contributed by atoms with E-state index in [9.17, 15) is 22.8 Å². The van der Waals surface area contributed by atoms with Gasteiger partial charge in [0.15, 0.2) is 5.78 Å². The van der Waals surface area contributed by atoms with Crippen molar-refractivity contribution in [3.8, 4) is 0 Å². The number of carbonyl (C=O) groups is 2. The smallest absolute Gasteiger partial charge is 0.306 e. The molecule has 24 heavy (non-hydrogen) atoms. The molecular formula is C15H11ClF3N3O2. The molecule has 0 spiro atoms. The molecule has 9 heteroatoms. The van der Waals surface area contributed by atoms with Crippen LogP contribution in [0.1, 0.15) is 18.9 Å². The van der Waals surface area contributed by atoms with Gasteiger partial charge in [0.05, 0.1) is 21.9 Å². The van der Waals surface area contributed by atoms with Crippen molar-refractivity contribution in [1.82, 2.24) is 4.98 Å². The van der Waals surface area contributed by atoms with Gasteiger partial charge in [-0.25, -0.2) is 4.98 Å². The Morgan fingerprint density at radius 1 is 1.38 bits per heavy atom. The molecule has 1 aliphatic heterocycles. The zero-order chi connectivity index (χ0) is 18.1. The van der Waals surface area contributed by atoms with Gasteiger partial charge >= 0.3 is 6.18 Å². The fourth-order valence-corrected chi connectivity index (χ4v) is 2.13. The summed E-state index contributed by atoms with van der Waals surface area (Å²) in [6, 6.07) is 0.636. The molecule has 0 saturated heterocycles. The Labute approximate surface area is 139 Å². The Kier molecular flexibility index (Phi) is 4.88. The van der Waals surface area contributed by atoms with Crippen molar-refractivity contribution in [3.05, 3.63) is 46.8 Å². The van der Waals surface area contributed by atoms with Gasteiger partial charge in [0.25, 0.3) is 5.91 Å². The van der Waals surface area contributed by atoms with Crippen LogP contribution in [0.15, 0.2) is 41.2 Å². The number of nitrogens with one attached hydrogen (secondary N) is 1. The summed E-state index contributed by atoms with van der Waals surface area (Å²) >= 11 is 5.46. The second-order valence-corrected chi connectivity index (χ2v) is 5.36. The molecule has 0 fully saturated rings. The number of amides is 1. The molecule has 1 aromatic rings. The van der Waals surface area contributed by atoms with Gasteiger partial charge in [0.1, 0.15) is 5.82 Å². The van der Waals surface area contributed by atoms with Crippen LogP contribution < -0.4 is 5.32 Å². The quantitative estimate of drug-likeness (QED) is 0.899. The number of nitrogens with zero attached hydrogens (tertiary/aromatic N) is 2. The highest BCUT2D eigenvalue weighted by Crippen LogP contribution is 2.35. The van der Waals surface area contributed by atoms with E-state index < -0.39 is 22.7 Å². The van der Waals surface area contributed by atoms with Crippen LogP contribution in [0.3, 0.4) is 0 Å². The van der Waals surface area contributed by atoms with E-state index in [4.69, 9.17) is 11.6 Å². The third-order valence-corrected chi connectivity index (χ3v) is 3.47. The van der Waals surface area contributed by atoms with Gasteiger partial charge < -0.3 is 5.32 Å². The van der Waals surface area contributed by atoms with Gasteiger partial charge in [-0.3, -0.25) is 14.6 Å². The van der Waals surface area contributed by atoms with Crippen LogP contribution in [0.25, 0.3) is 0 Å². The lowest BCUT2D eigenvalue weighted by Gasteiger charge is -2.15. The van der Waals surface area contributed by atoms with Crippen LogP contribution in [0.2, 0.25) is 5.02 Å². The molecule has 1 N–H and O–H groups in total. The highest BCUT2D eigenvalue weighted by atomic mass is 35.5.